The van der Waals surface area contributed by atoms with E-state index in [0.29, 0.717) is 36.8 Å². The Bertz CT molecular complexity index is 1590. The minimum Gasteiger partial charge on any atom is -0.493 e. The van der Waals surface area contributed by atoms with E-state index in [4.69, 9.17) is 16.3 Å². The Labute approximate surface area is 231 Å². The van der Waals surface area contributed by atoms with E-state index < -0.39 is 5.97 Å². The fourth-order valence-corrected chi connectivity index (χ4v) is 4.90. The quantitative estimate of drug-likeness (QED) is 0.298. The molecule has 0 aliphatic carbocycles. The van der Waals surface area contributed by atoms with Crippen molar-refractivity contribution in [1.29, 1.82) is 0 Å². The minimum atomic E-state index is -1.07. The number of amides is 1. The molecule has 8 nitrogen and oxygen atoms in total. The van der Waals surface area contributed by atoms with E-state index >= 15 is 0 Å². The first-order valence-electron chi connectivity index (χ1n) is 12.5. The van der Waals surface area contributed by atoms with Crippen molar-refractivity contribution in [2.45, 2.75) is 20.3 Å². The van der Waals surface area contributed by atoms with Crippen molar-refractivity contribution in [2.24, 2.45) is 0 Å². The van der Waals surface area contributed by atoms with Crippen LogP contribution in [-0.2, 0) is 6.42 Å². The summed E-state index contributed by atoms with van der Waals surface area (Å²) in [5.74, 6) is 0.822. The molecule has 1 N–H and O–H groups in total. The summed E-state index contributed by atoms with van der Waals surface area (Å²) in [6, 6.07) is 16.3. The topological polar surface area (TPSA) is 95.9 Å². The molecule has 0 saturated heterocycles. The number of nitrogens with zero attached hydrogens (tertiary/aromatic N) is 4. The van der Waals surface area contributed by atoms with E-state index in [0.717, 1.165) is 33.7 Å². The van der Waals surface area contributed by atoms with Gasteiger partial charge in [0.15, 0.2) is 5.82 Å². The molecule has 1 amide bonds. The van der Waals surface area contributed by atoms with Gasteiger partial charge < -0.3 is 19.6 Å². The Kier molecular flexibility index (Phi) is 7.21. The first-order chi connectivity index (χ1) is 18.8. The third kappa shape index (κ3) is 5.03. The Morgan fingerprint density at radius 1 is 1.05 bits per heavy atom. The van der Waals surface area contributed by atoms with Gasteiger partial charge in [-0.25, -0.2) is 14.8 Å². The molecule has 0 unspecified atom stereocenters. The van der Waals surface area contributed by atoms with Crippen molar-refractivity contribution < 1.29 is 19.4 Å². The molecule has 0 saturated carbocycles. The monoisotopic (exact) mass is 542 g/mol. The van der Waals surface area contributed by atoms with Crippen LogP contribution in [0.4, 0.5) is 17.3 Å². The maximum Gasteiger partial charge on any atom is 0.337 e. The summed E-state index contributed by atoms with van der Waals surface area (Å²) >= 11 is 6.01. The highest BCUT2D eigenvalue weighted by Gasteiger charge is 2.30. The van der Waals surface area contributed by atoms with Gasteiger partial charge in [-0.05, 0) is 78.6 Å². The summed E-state index contributed by atoms with van der Waals surface area (Å²) in [5.41, 5.74) is 4.77. The zero-order chi connectivity index (χ0) is 27.7. The number of ether oxygens (including phenoxy) is 1. The number of rotatable bonds is 7. The number of benzene rings is 2. The van der Waals surface area contributed by atoms with Crippen molar-refractivity contribution in [3.63, 3.8) is 0 Å². The average Bonchev–Trinajstić information content (AvgIpc) is 3.02. The number of aromatic carboxylic acids is 1. The lowest BCUT2D eigenvalue weighted by Gasteiger charge is -2.22. The largest absolute Gasteiger partial charge is 0.493 e. The van der Waals surface area contributed by atoms with Crippen LogP contribution in [0.2, 0.25) is 5.02 Å². The Morgan fingerprint density at radius 3 is 2.56 bits per heavy atom. The number of hydrogen-bond acceptors (Lipinski definition) is 6. The normalized spacial score (nSPS) is 12.6. The molecule has 1 aliphatic heterocycles. The molecule has 4 aromatic rings. The molecule has 0 fully saturated rings. The Balaban J connectivity index is 1.32. The van der Waals surface area contributed by atoms with Gasteiger partial charge in [-0.3, -0.25) is 4.79 Å². The van der Waals surface area contributed by atoms with Crippen LogP contribution in [0.5, 0.6) is 5.75 Å². The lowest BCUT2D eigenvalue weighted by molar-refractivity contribution is 0.0697. The van der Waals surface area contributed by atoms with Crippen LogP contribution >= 0.6 is 11.6 Å². The third-order valence-electron chi connectivity index (χ3n) is 6.77. The van der Waals surface area contributed by atoms with Crippen molar-refractivity contribution in [1.82, 2.24) is 9.97 Å². The SMILES string of the molecule is CCN1c2ncc(CCOc3ccc(-c4ccc(Cl)c(C(=O)O)c4)cc3C)cc2C(=O)N(C)c2cccnc21. The summed E-state index contributed by atoms with van der Waals surface area (Å²) in [6.07, 6.45) is 4.06. The highest BCUT2D eigenvalue weighted by molar-refractivity contribution is 6.33. The highest BCUT2D eigenvalue weighted by Crippen LogP contribution is 2.37. The highest BCUT2D eigenvalue weighted by atomic mass is 35.5. The summed E-state index contributed by atoms with van der Waals surface area (Å²) < 4.78 is 6.06. The number of fused-ring (bicyclic) bond motifs is 2. The molecule has 2 aromatic carbocycles. The lowest BCUT2D eigenvalue weighted by atomic mass is 10.0. The zero-order valence-electron chi connectivity index (χ0n) is 21.8. The number of carboxylic acid groups (broad SMARTS) is 1. The van der Waals surface area contributed by atoms with E-state index in [1.54, 1.807) is 42.5 Å². The number of pyridine rings is 2. The molecule has 3 heterocycles. The van der Waals surface area contributed by atoms with Gasteiger partial charge in [0, 0.05) is 32.4 Å². The molecule has 0 bridgehead atoms. The van der Waals surface area contributed by atoms with Crippen LogP contribution in [0, 0.1) is 6.92 Å². The molecule has 1 aliphatic rings. The average molecular weight is 543 g/mol. The second kappa shape index (κ2) is 10.7. The number of halogens is 1. The maximum atomic E-state index is 13.3. The van der Waals surface area contributed by atoms with E-state index in [9.17, 15) is 14.7 Å². The number of carbonyl (C=O) groups is 2. The summed E-state index contributed by atoms with van der Waals surface area (Å²) in [4.78, 5) is 37.5. The summed E-state index contributed by atoms with van der Waals surface area (Å²) in [7, 11) is 1.75. The van der Waals surface area contributed by atoms with Crippen LogP contribution in [0.15, 0.2) is 67.0 Å². The molecule has 5 rings (SSSR count). The number of hydrogen-bond donors (Lipinski definition) is 1. The van der Waals surface area contributed by atoms with Crippen LogP contribution in [0.25, 0.3) is 11.1 Å². The zero-order valence-corrected chi connectivity index (χ0v) is 22.6. The van der Waals surface area contributed by atoms with Gasteiger partial charge in [-0.2, -0.15) is 0 Å². The van der Waals surface area contributed by atoms with Crippen molar-refractivity contribution in [2.75, 3.05) is 30.0 Å². The molecule has 9 heteroatoms. The number of carbonyl (C=O) groups excluding carboxylic acids is 1. The second-order valence-electron chi connectivity index (χ2n) is 9.25. The predicted octanol–water partition coefficient (Wildman–Crippen LogP) is 6.17. The predicted molar refractivity (Wildman–Crippen MR) is 152 cm³/mol. The fourth-order valence-electron chi connectivity index (χ4n) is 4.70. The minimum absolute atomic E-state index is 0.0633. The number of aryl methyl sites for hydroxylation is 1. The van der Waals surface area contributed by atoms with Crippen molar-refractivity contribution in [3.05, 3.63) is 94.3 Å². The van der Waals surface area contributed by atoms with Crippen LogP contribution in [0.1, 0.15) is 38.8 Å². The van der Waals surface area contributed by atoms with Gasteiger partial charge in [0.25, 0.3) is 5.91 Å². The smallest absolute Gasteiger partial charge is 0.337 e. The van der Waals surface area contributed by atoms with E-state index in [-0.39, 0.29) is 16.5 Å². The van der Waals surface area contributed by atoms with Gasteiger partial charge in [0.2, 0.25) is 0 Å². The van der Waals surface area contributed by atoms with Gasteiger partial charge in [0.05, 0.1) is 28.4 Å². The lowest BCUT2D eigenvalue weighted by Crippen LogP contribution is -2.25. The first kappa shape index (κ1) is 26.2. The van der Waals surface area contributed by atoms with E-state index in [2.05, 4.69) is 9.97 Å². The number of carboxylic acids is 1. The van der Waals surface area contributed by atoms with Gasteiger partial charge in [-0.15, -0.1) is 0 Å². The van der Waals surface area contributed by atoms with Gasteiger partial charge in [0.1, 0.15) is 11.6 Å². The molecule has 198 valence electrons. The summed E-state index contributed by atoms with van der Waals surface area (Å²) in [5, 5.41) is 9.57. The van der Waals surface area contributed by atoms with Gasteiger partial charge in [-0.1, -0.05) is 23.7 Å². The van der Waals surface area contributed by atoms with Crippen LogP contribution < -0.4 is 14.5 Å². The Morgan fingerprint density at radius 2 is 1.82 bits per heavy atom. The number of anilines is 3. The molecular weight excluding hydrogens is 516 g/mol. The molecule has 0 radical (unpaired) electrons. The van der Waals surface area contributed by atoms with Crippen LogP contribution in [0.3, 0.4) is 0 Å². The van der Waals surface area contributed by atoms with Crippen molar-refractivity contribution >= 4 is 40.8 Å². The third-order valence-corrected chi connectivity index (χ3v) is 7.10. The van der Waals surface area contributed by atoms with E-state index in [1.165, 1.54) is 0 Å². The fraction of sp³-hybridized carbons (Fsp3) is 0.200. The standard InChI is InChI=1S/C30H27ClN4O4/c1-4-35-27-23(29(36)34(3)25-6-5-12-32-28(25)35)15-19(17-33-27)11-13-39-26-10-8-20(14-18(26)2)21-7-9-24(31)22(16-21)30(37)38/h5-10,12,14-17H,4,11,13H2,1-3H3,(H,37,38). The number of aromatic nitrogens is 2. The van der Waals surface area contributed by atoms with Crippen LogP contribution in [-0.4, -0.2) is 47.2 Å². The first-order valence-corrected chi connectivity index (χ1v) is 12.9. The van der Waals surface area contributed by atoms with Crippen molar-refractivity contribution in [3.8, 4) is 16.9 Å². The maximum absolute atomic E-state index is 13.3. The second-order valence-corrected chi connectivity index (χ2v) is 9.66. The van der Waals surface area contributed by atoms with Gasteiger partial charge >= 0.3 is 5.97 Å². The molecule has 0 spiro atoms. The molecule has 0 atom stereocenters. The van der Waals surface area contributed by atoms with E-state index in [1.807, 2.05) is 55.1 Å². The molecule has 39 heavy (non-hydrogen) atoms. The molecular formula is C30H27ClN4O4. The summed E-state index contributed by atoms with van der Waals surface area (Å²) in [6.45, 7) is 4.97. The Hall–Kier alpha value is -4.43. The molecule has 2 aromatic heterocycles.